The Morgan fingerprint density at radius 2 is 2.26 bits per heavy atom. The summed E-state index contributed by atoms with van der Waals surface area (Å²) in [5, 5.41) is 13.5. The summed E-state index contributed by atoms with van der Waals surface area (Å²) in [5.74, 6) is 0.633. The maximum Gasteiger partial charge on any atom is 0.318 e. The first-order valence-electron chi connectivity index (χ1n) is 6.52. The van der Waals surface area contributed by atoms with Crippen LogP contribution in [0.2, 0.25) is 0 Å². The number of anilines is 1. The lowest BCUT2D eigenvalue weighted by atomic mass is 10.4. The molecule has 0 saturated carbocycles. The van der Waals surface area contributed by atoms with Crippen LogP contribution in [-0.2, 0) is 13.1 Å². The molecule has 19 heavy (non-hydrogen) atoms. The third kappa shape index (κ3) is 4.04. The molecular formula is C13H20N4OS. The summed E-state index contributed by atoms with van der Waals surface area (Å²) in [6.07, 6.45) is 0. The van der Waals surface area contributed by atoms with E-state index in [4.69, 9.17) is 4.42 Å². The highest BCUT2D eigenvalue weighted by Gasteiger charge is 2.13. The molecule has 2 rings (SSSR count). The predicted molar refractivity (Wildman–Crippen MR) is 77.3 cm³/mol. The second kappa shape index (κ2) is 6.68. The predicted octanol–water partition coefficient (Wildman–Crippen LogP) is 2.66. The van der Waals surface area contributed by atoms with Gasteiger partial charge >= 0.3 is 6.01 Å². The van der Waals surface area contributed by atoms with Crippen molar-refractivity contribution in [1.29, 1.82) is 0 Å². The van der Waals surface area contributed by atoms with Crippen LogP contribution in [0.4, 0.5) is 6.01 Å². The fraction of sp³-hybridized carbons (Fsp3) is 0.538. The standard InChI is InChI=1S/C13H20N4OS/c1-4-17(9-11-6-5-7-19-11)13-16-15-12(18-13)8-14-10(2)3/h5-7,10,14H,4,8-9H2,1-3H3. The van der Waals surface area contributed by atoms with Crippen molar-refractivity contribution < 1.29 is 4.42 Å². The smallest absolute Gasteiger partial charge is 0.318 e. The topological polar surface area (TPSA) is 54.2 Å². The van der Waals surface area contributed by atoms with E-state index in [1.165, 1.54) is 4.88 Å². The van der Waals surface area contributed by atoms with E-state index in [-0.39, 0.29) is 0 Å². The summed E-state index contributed by atoms with van der Waals surface area (Å²) < 4.78 is 5.68. The molecule has 0 aliphatic carbocycles. The van der Waals surface area contributed by atoms with Gasteiger partial charge in [0.2, 0.25) is 5.89 Å². The van der Waals surface area contributed by atoms with Crippen molar-refractivity contribution in [1.82, 2.24) is 15.5 Å². The second-order valence-corrected chi connectivity index (χ2v) is 5.64. The minimum atomic E-state index is 0.406. The summed E-state index contributed by atoms with van der Waals surface area (Å²) in [5.41, 5.74) is 0. The second-order valence-electron chi connectivity index (χ2n) is 4.61. The maximum absolute atomic E-state index is 5.68. The Bertz CT molecular complexity index is 481. The first kappa shape index (κ1) is 14.0. The molecule has 0 aliphatic rings. The van der Waals surface area contributed by atoms with Gasteiger partial charge in [-0.2, -0.15) is 0 Å². The van der Waals surface area contributed by atoms with Gasteiger partial charge in [0.15, 0.2) is 0 Å². The zero-order chi connectivity index (χ0) is 13.7. The molecule has 0 saturated heterocycles. The Balaban J connectivity index is 1.98. The Labute approximate surface area is 117 Å². The molecule has 0 amide bonds. The van der Waals surface area contributed by atoms with Gasteiger partial charge in [0, 0.05) is 17.5 Å². The molecule has 2 aromatic rings. The molecular weight excluding hydrogens is 260 g/mol. The Kier molecular flexibility index (Phi) is 4.93. The van der Waals surface area contributed by atoms with Crippen LogP contribution >= 0.6 is 11.3 Å². The van der Waals surface area contributed by atoms with E-state index in [1.54, 1.807) is 11.3 Å². The van der Waals surface area contributed by atoms with E-state index in [0.717, 1.165) is 13.1 Å². The molecule has 6 heteroatoms. The largest absolute Gasteiger partial charge is 0.407 e. The van der Waals surface area contributed by atoms with Crippen molar-refractivity contribution in [2.45, 2.75) is 39.9 Å². The summed E-state index contributed by atoms with van der Waals surface area (Å²) in [6, 6.07) is 5.17. The summed E-state index contributed by atoms with van der Waals surface area (Å²) in [6.45, 7) is 8.54. The maximum atomic E-state index is 5.68. The molecule has 0 spiro atoms. The zero-order valence-corrected chi connectivity index (χ0v) is 12.4. The number of hydrogen-bond acceptors (Lipinski definition) is 6. The van der Waals surface area contributed by atoms with Crippen molar-refractivity contribution in [2.75, 3.05) is 11.4 Å². The van der Waals surface area contributed by atoms with Crippen LogP contribution in [-0.4, -0.2) is 22.8 Å². The number of nitrogens with zero attached hydrogens (tertiary/aromatic N) is 3. The highest BCUT2D eigenvalue weighted by atomic mass is 32.1. The monoisotopic (exact) mass is 280 g/mol. The summed E-state index contributed by atoms with van der Waals surface area (Å²) in [7, 11) is 0. The molecule has 0 radical (unpaired) electrons. The highest BCUT2D eigenvalue weighted by Crippen LogP contribution is 2.18. The molecule has 0 aromatic carbocycles. The van der Waals surface area contributed by atoms with Gasteiger partial charge in [-0.05, 0) is 18.4 Å². The average Bonchev–Trinajstić information content (AvgIpc) is 3.04. The fourth-order valence-electron chi connectivity index (χ4n) is 1.64. The van der Waals surface area contributed by atoms with Gasteiger partial charge in [0.05, 0.1) is 13.1 Å². The van der Waals surface area contributed by atoms with Gasteiger partial charge in [-0.25, -0.2) is 0 Å². The molecule has 0 fully saturated rings. The minimum Gasteiger partial charge on any atom is -0.407 e. The Morgan fingerprint density at radius 3 is 2.89 bits per heavy atom. The minimum absolute atomic E-state index is 0.406. The number of rotatable bonds is 7. The van der Waals surface area contributed by atoms with Crippen LogP contribution < -0.4 is 10.2 Å². The average molecular weight is 280 g/mol. The molecule has 0 atom stereocenters. The summed E-state index contributed by atoms with van der Waals surface area (Å²) >= 11 is 1.74. The number of nitrogens with one attached hydrogen (secondary N) is 1. The molecule has 5 nitrogen and oxygen atoms in total. The van der Waals surface area contributed by atoms with Crippen molar-refractivity contribution in [3.8, 4) is 0 Å². The van der Waals surface area contributed by atoms with E-state index in [9.17, 15) is 0 Å². The zero-order valence-electron chi connectivity index (χ0n) is 11.6. The van der Waals surface area contributed by atoms with E-state index in [1.807, 2.05) is 0 Å². The van der Waals surface area contributed by atoms with Crippen LogP contribution in [0.1, 0.15) is 31.5 Å². The fourth-order valence-corrected chi connectivity index (χ4v) is 2.36. The lowest BCUT2D eigenvalue weighted by Gasteiger charge is -2.16. The van der Waals surface area contributed by atoms with Crippen molar-refractivity contribution >= 4 is 17.4 Å². The van der Waals surface area contributed by atoms with Gasteiger partial charge in [0.1, 0.15) is 0 Å². The van der Waals surface area contributed by atoms with Gasteiger partial charge in [-0.3, -0.25) is 0 Å². The molecule has 104 valence electrons. The van der Waals surface area contributed by atoms with Gasteiger partial charge < -0.3 is 14.6 Å². The highest BCUT2D eigenvalue weighted by molar-refractivity contribution is 7.09. The molecule has 0 unspecified atom stereocenters. The normalized spacial score (nSPS) is 11.2. The van der Waals surface area contributed by atoms with E-state index < -0.39 is 0 Å². The van der Waals surface area contributed by atoms with E-state index in [0.29, 0.717) is 24.5 Å². The lowest BCUT2D eigenvalue weighted by molar-refractivity contribution is 0.446. The van der Waals surface area contributed by atoms with Crippen molar-refractivity contribution in [3.05, 3.63) is 28.3 Å². The number of hydrogen-bond donors (Lipinski definition) is 1. The molecule has 1 N–H and O–H groups in total. The Hall–Kier alpha value is -1.40. The first-order valence-corrected chi connectivity index (χ1v) is 7.40. The van der Waals surface area contributed by atoms with Crippen LogP contribution in [0.25, 0.3) is 0 Å². The van der Waals surface area contributed by atoms with E-state index in [2.05, 4.69) is 58.7 Å². The van der Waals surface area contributed by atoms with E-state index >= 15 is 0 Å². The van der Waals surface area contributed by atoms with Crippen LogP contribution in [0.15, 0.2) is 21.9 Å². The molecule has 0 bridgehead atoms. The summed E-state index contributed by atoms with van der Waals surface area (Å²) in [4.78, 5) is 3.37. The van der Waals surface area contributed by atoms with Crippen molar-refractivity contribution in [3.63, 3.8) is 0 Å². The van der Waals surface area contributed by atoms with Crippen LogP contribution in [0.5, 0.6) is 0 Å². The third-order valence-corrected chi connectivity index (χ3v) is 3.56. The molecule has 2 heterocycles. The number of aromatic nitrogens is 2. The SMILES string of the molecule is CCN(Cc1cccs1)c1nnc(CNC(C)C)o1. The lowest BCUT2D eigenvalue weighted by Crippen LogP contribution is -2.22. The van der Waals surface area contributed by atoms with Gasteiger partial charge in [-0.15, -0.1) is 16.4 Å². The molecule has 0 aliphatic heterocycles. The third-order valence-electron chi connectivity index (χ3n) is 2.70. The van der Waals surface area contributed by atoms with Gasteiger partial charge in [-0.1, -0.05) is 25.0 Å². The quantitative estimate of drug-likeness (QED) is 0.845. The van der Waals surface area contributed by atoms with Crippen LogP contribution in [0, 0.1) is 0 Å². The first-order chi connectivity index (χ1) is 9.19. The molecule has 2 aromatic heterocycles. The Morgan fingerprint density at radius 1 is 1.42 bits per heavy atom. The van der Waals surface area contributed by atoms with Gasteiger partial charge in [0.25, 0.3) is 0 Å². The number of thiophene rings is 1. The van der Waals surface area contributed by atoms with Crippen molar-refractivity contribution in [2.24, 2.45) is 0 Å². The van der Waals surface area contributed by atoms with Crippen LogP contribution in [0.3, 0.4) is 0 Å².